The van der Waals surface area contributed by atoms with Gasteiger partial charge in [-0.1, -0.05) is 12.1 Å². The molecule has 2 aliphatic rings. The molecule has 1 saturated heterocycles. The molecule has 0 spiro atoms. The molecule has 0 saturated carbocycles. The number of benzene rings is 1. The zero-order chi connectivity index (χ0) is 11.0. The summed E-state index contributed by atoms with van der Waals surface area (Å²) in [4.78, 5) is 2.50. The minimum absolute atomic E-state index is 0.558. The molecule has 16 heavy (non-hydrogen) atoms. The Balaban J connectivity index is 1.97. The zero-order valence-corrected chi connectivity index (χ0v) is 9.65. The number of nitrogens with one attached hydrogen (secondary N) is 1. The summed E-state index contributed by atoms with van der Waals surface area (Å²) in [5.74, 6) is 1.04. The highest BCUT2D eigenvalue weighted by atomic mass is 16.5. The Hall–Kier alpha value is -1.22. The van der Waals surface area contributed by atoms with Crippen molar-refractivity contribution in [3.63, 3.8) is 0 Å². The molecular formula is C13H18N2O. The first-order valence-corrected chi connectivity index (χ1v) is 6.06. The molecule has 2 heterocycles. The van der Waals surface area contributed by atoms with Crippen molar-refractivity contribution in [2.24, 2.45) is 0 Å². The van der Waals surface area contributed by atoms with Gasteiger partial charge in [-0.25, -0.2) is 0 Å². The molecule has 2 atom stereocenters. The number of hydrogen-bond donors (Lipinski definition) is 1. The Labute approximate surface area is 96.4 Å². The van der Waals surface area contributed by atoms with Crippen molar-refractivity contribution in [2.45, 2.75) is 25.4 Å². The van der Waals surface area contributed by atoms with E-state index in [0.29, 0.717) is 12.1 Å². The van der Waals surface area contributed by atoms with E-state index in [-0.39, 0.29) is 0 Å². The van der Waals surface area contributed by atoms with Crippen LogP contribution in [0.1, 0.15) is 13.3 Å². The van der Waals surface area contributed by atoms with Gasteiger partial charge in [-0.05, 0) is 19.1 Å². The molecule has 0 amide bonds. The number of piperazine rings is 1. The highest BCUT2D eigenvalue weighted by molar-refractivity contribution is 5.60. The van der Waals surface area contributed by atoms with Gasteiger partial charge in [-0.3, -0.25) is 0 Å². The van der Waals surface area contributed by atoms with Crippen molar-refractivity contribution >= 4 is 5.69 Å². The second-order valence-electron chi connectivity index (χ2n) is 4.72. The molecule has 0 aliphatic carbocycles. The first-order valence-electron chi connectivity index (χ1n) is 6.06. The van der Waals surface area contributed by atoms with Crippen LogP contribution in [0.4, 0.5) is 5.69 Å². The summed E-state index contributed by atoms with van der Waals surface area (Å²) in [7, 11) is 0. The fourth-order valence-corrected chi connectivity index (χ4v) is 2.63. The van der Waals surface area contributed by atoms with Crippen LogP contribution in [0.3, 0.4) is 0 Å². The van der Waals surface area contributed by atoms with E-state index in [2.05, 4.69) is 35.3 Å². The van der Waals surface area contributed by atoms with Gasteiger partial charge in [-0.2, -0.15) is 0 Å². The van der Waals surface area contributed by atoms with Crippen LogP contribution in [0.25, 0.3) is 0 Å². The maximum atomic E-state index is 5.81. The Morgan fingerprint density at radius 1 is 1.38 bits per heavy atom. The second kappa shape index (κ2) is 3.98. The number of fused-ring (bicyclic) bond motifs is 3. The first-order chi connectivity index (χ1) is 7.84. The Bertz CT molecular complexity index is 378. The summed E-state index contributed by atoms with van der Waals surface area (Å²) in [5, 5.41) is 3.54. The lowest BCUT2D eigenvalue weighted by Crippen LogP contribution is -2.55. The lowest BCUT2D eigenvalue weighted by atomic mass is 10.1. The minimum atomic E-state index is 0.558. The maximum Gasteiger partial charge on any atom is 0.142 e. The van der Waals surface area contributed by atoms with Gasteiger partial charge in [0.25, 0.3) is 0 Å². The van der Waals surface area contributed by atoms with E-state index in [1.165, 1.54) is 5.69 Å². The Morgan fingerprint density at radius 3 is 3.19 bits per heavy atom. The number of nitrogens with zero attached hydrogens (tertiary/aromatic N) is 1. The van der Waals surface area contributed by atoms with Crippen LogP contribution in [-0.4, -0.2) is 31.8 Å². The predicted octanol–water partition coefficient (Wildman–Crippen LogP) is 1.64. The molecule has 0 unspecified atom stereocenters. The van der Waals surface area contributed by atoms with Gasteiger partial charge in [0, 0.05) is 31.6 Å². The molecule has 2 aliphatic heterocycles. The van der Waals surface area contributed by atoms with E-state index in [4.69, 9.17) is 4.74 Å². The zero-order valence-electron chi connectivity index (χ0n) is 9.65. The average molecular weight is 218 g/mol. The molecule has 3 rings (SSSR count). The van der Waals surface area contributed by atoms with Gasteiger partial charge >= 0.3 is 0 Å². The largest absolute Gasteiger partial charge is 0.491 e. The molecule has 0 aromatic heterocycles. The molecule has 86 valence electrons. The molecule has 3 nitrogen and oxygen atoms in total. The molecule has 3 heteroatoms. The molecule has 0 radical (unpaired) electrons. The Morgan fingerprint density at radius 2 is 2.25 bits per heavy atom. The van der Waals surface area contributed by atoms with Gasteiger partial charge in [-0.15, -0.1) is 0 Å². The number of para-hydroxylation sites is 2. The van der Waals surface area contributed by atoms with E-state index < -0.39 is 0 Å². The van der Waals surface area contributed by atoms with Crippen molar-refractivity contribution in [1.82, 2.24) is 5.32 Å². The minimum Gasteiger partial charge on any atom is -0.491 e. The van der Waals surface area contributed by atoms with Gasteiger partial charge in [0.2, 0.25) is 0 Å². The van der Waals surface area contributed by atoms with Gasteiger partial charge in [0.05, 0.1) is 12.3 Å². The highest BCUT2D eigenvalue weighted by Gasteiger charge is 2.29. The van der Waals surface area contributed by atoms with Crippen LogP contribution in [0.2, 0.25) is 0 Å². The topological polar surface area (TPSA) is 24.5 Å². The lowest BCUT2D eigenvalue weighted by Gasteiger charge is -2.39. The SMILES string of the molecule is C[C@H]1CN2c3ccccc3OCC[C@H]2CN1. The fourth-order valence-electron chi connectivity index (χ4n) is 2.63. The Kier molecular flexibility index (Phi) is 2.48. The molecule has 1 fully saturated rings. The van der Waals surface area contributed by atoms with E-state index >= 15 is 0 Å². The van der Waals surface area contributed by atoms with Crippen LogP contribution < -0.4 is 15.0 Å². The number of anilines is 1. The summed E-state index contributed by atoms with van der Waals surface area (Å²) < 4.78 is 5.81. The van der Waals surface area contributed by atoms with Crippen LogP contribution in [-0.2, 0) is 0 Å². The summed E-state index contributed by atoms with van der Waals surface area (Å²) in [5.41, 5.74) is 1.26. The molecule has 1 aromatic rings. The van der Waals surface area contributed by atoms with Crippen molar-refractivity contribution < 1.29 is 4.74 Å². The summed E-state index contributed by atoms with van der Waals surface area (Å²) in [6.45, 7) is 5.21. The third-order valence-corrected chi connectivity index (χ3v) is 3.50. The van der Waals surface area contributed by atoms with Gasteiger partial charge in [0.15, 0.2) is 0 Å². The molecule has 0 bridgehead atoms. The van der Waals surface area contributed by atoms with Crippen LogP contribution in [0.5, 0.6) is 5.75 Å². The quantitative estimate of drug-likeness (QED) is 0.716. The average Bonchev–Trinajstić information content (AvgIpc) is 2.48. The van der Waals surface area contributed by atoms with Crippen molar-refractivity contribution in [1.29, 1.82) is 0 Å². The molecule has 1 aromatic carbocycles. The predicted molar refractivity (Wildman–Crippen MR) is 65.2 cm³/mol. The van der Waals surface area contributed by atoms with Crippen molar-refractivity contribution in [3.05, 3.63) is 24.3 Å². The summed E-state index contributed by atoms with van der Waals surface area (Å²) in [6, 6.07) is 9.53. The monoisotopic (exact) mass is 218 g/mol. The van der Waals surface area contributed by atoms with Crippen LogP contribution >= 0.6 is 0 Å². The first kappa shape index (κ1) is 9.97. The van der Waals surface area contributed by atoms with E-state index in [0.717, 1.165) is 31.9 Å². The molecular weight excluding hydrogens is 200 g/mol. The van der Waals surface area contributed by atoms with Crippen LogP contribution in [0, 0.1) is 0 Å². The van der Waals surface area contributed by atoms with Crippen molar-refractivity contribution in [2.75, 3.05) is 24.6 Å². The number of ether oxygens (including phenoxy) is 1. The highest BCUT2D eigenvalue weighted by Crippen LogP contribution is 2.33. The van der Waals surface area contributed by atoms with Crippen molar-refractivity contribution in [3.8, 4) is 5.75 Å². The van der Waals surface area contributed by atoms with E-state index in [1.54, 1.807) is 0 Å². The lowest BCUT2D eigenvalue weighted by molar-refractivity contribution is 0.298. The normalized spacial score (nSPS) is 28.7. The number of rotatable bonds is 0. The number of hydrogen-bond acceptors (Lipinski definition) is 3. The smallest absolute Gasteiger partial charge is 0.142 e. The van der Waals surface area contributed by atoms with Gasteiger partial charge < -0.3 is 15.0 Å². The fraction of sp³-hybridized carbons (Fsp3) is 0.538. The standard InChI is InChI=1S/C13H18N2O/c1-10-9-15-11(8-14-10)6-7-16-13-5-3-2-4-12(13)15/h2-5,10-11,14H,6-9H2,1H3/t10-,11-/m0/s1. The maximum absolute atomic E-state index is 5.81. The van der Waals surface area contributed by atoms with Gasteiger partial charge in [0.1, 0.15) is 5.75 Å². The third-order valence-electron chi connectivity index (χ3n) is 3.50. The van der Waals surface area contributed by atoms with E-state index in [9.17, 15) is 0 Å². The summed E-state index contributed by atoms with van der Waals surface area (Å²) >= 11 is 0. The third kappa shape index (κ3) is 1.65. The second-order valence-corrected chi connectivity index (χ2v) is 4.72. The summed E-state index contributed by atoms with van der Waals surface area (Å²) in [6.07, 6.45) is 1.11. The van der Waals surface area contributed by atoms with E-state index in [1.807, 2.05) is 6.07 Å². The van der Waals surface area contributed by atoms with Crippen LogP contribution in [0.15, 0.2) is 24.3 Å². The molecule has 1 N–H and O–H groups in total.